The summed E-state index contributed by atoms with van der Waals surface area (Å²) in [5, 5.41) is 0. The minimum Gasteiger partial charge on any atom is -0.746 e. The predicted molar refractivity (Wildman–Crippen MR) is 41.3 cm³/mol. The number of hydrogen-bond acceptors (Lipinski definition) is 4. The van der Waals surface area contributed by atoms with Crippen LogP contribution in [0, 0.1) is 0 Å². The van der Waals surface area contributed by atoms with Crippen molar-refractivity contribution >= 4 is 13.5 Å². The average molecular weight is 188 g/mol. The van der Waals surface area contributed by atoms with Gasteiger partial charge in [0, 0.05) is 5.69 Å². The number of nitrogens with two attached hydrogens (primary N) is 1. The van der Waals surface area contributed by atoms with E-state index in [2.05, 4.69) is 4.52 Å². The van der Waals surface area contributed by atoms with Gasteiger partial charge in [0.2, 0.25) is 0 Å². The SMILES string of the molecule is Nc1ccc(OP(=O)([O-])O)cc1. The molecule has 1 aromatic carbocycles. The molecule has 0 amide bonds. The largest absolute Gasteiger partial charge is 0.746 e. The summed E-state index contributed by atoms with van der Waals surface area (Å²) in [6, 6.07) is 5.61. The van der Waals surface area contributed by atoms with Crippen molar-refractivity contribution in [3.63, 3.8) is 0 Å². The van der Waals surface area contributed by atoms with Crippen molar-refractivity contribution in [3.05, 3.63) is 24.3 Å². The molecule has 66 valence electrons. The molecule has 0 saturated heterocycles. The van der Waals surface area contributed by atoms with Gasteiger partial charge in [-0.05, 0) is 24.3 Å². The third-order valence-corrected chi connectivity index (χ3v) is 1.54. The van der Waals surface area contributed by atoms with Gasteiger partial charge in [0.1, 0.15) is 5.75 Å². The van der Waals surface area contributed by atoms with Crippen molar-refractivity contribution in [2.45, 2.75) is 0 Å². The zero-order chi connectivity index (χ0) is 9.19. The van der Waals surface area contributed by atoms with Crippen LogP contribution in [0.15, 0.2) is 24.3 Å². The summed E-state index contributed by atoms with van der Waals surface area (Å²) in [6.45, 7) is 0. The van der Waals surface area contributed by atoms with Gasteiger partial charge in [-0.15, -0.1) is 0 Å². The van der Waals surface area contributed by atoms with E-state index in [0.29, 0.717) is 5.69 Å². The lowest BCUT2D eigenvalue weighted by Crippen LogP contribution is -2.05. The van der Waals surface area contributed by atoms with Crippen LogP contribution < -0.4 is 15.2 Å². The van der Waals surface area contributed by atoms with E-state index in [1.54, 1.807) is 0 Å². The first-order valence-corrected chi connectivity index (χ1v) is 4.56. The molecule has 0 bridgehead atoms. The Labute approximate surface area is 69.0 Å². The van der Waals surface area contributed by atoms with Gasteiger partial charge < -0.3 is 20.0 Å². The normalized spacial score (nSPS) is 15.2. The van der Waals surface area contributed by atoms with Crippen molar-refractivity contribution < 1.29 is 18.9 Å². The summed E-state index contributed by atoms with van der Waals surface area (Å²) >= 11 is 0. The molecule has 0 radical (unpaired) electrons. The van der Waals surface area contributed by atoms with Crippen molar-refractivity contribution in [3.8, 4) is 5.75 Å². The average Bonchev–Trinajstić information content (AvgIpc) is 1.91. The number of nitrogen functional groups attached to an aromatic ring is 1. The molecule has 0 saturated carbocycles. The van der Waals surface area contributed by atoms with E-state index in [9.17, 15) is 9.46 Å². The molecular weight excluding hydrogens is 181 g/mol. The number of phosphoric ester groups is 1. The van der Waals surface area contributed by atoms with Crippen molar-refractivity contribution in [1.82, 2.24) is 0 Å². The monoisotopic (exact) mass is 188 g/mol. The molecule has 3 N–H and O–H groups in total. The Morgan fingerprint density at radius 1 is 1.42 bits per heavy atom. The lowest BCUT2D eigenvalue weighted by Gasteiger charge is -2.16. The number of benzene rings is 1. The fourth-order valence-electron chi connectivity index (χ4n) is 0.662. The Morgan fingerprint density at radius 2 is 1.92 bits per heavy atom. The zero-order valence-electron chi connectivity index (χ0n) is 6.01. The van der Waals surface area contributed by atoms with Crippen LogP contribution in [0.2, 0.25) is 0 Å². The van der Waals surface area contributed by atoms with Crippen LogP contribution in [0.1, 0.15) is 0 Å². The van der Waals surface area contributed by atoms with E-state index in [4.69, 9.17) is 10.6 Å². The second-order valence-electron chi connectivity index (χ2n) is 2.13. The molecule has 0 aromatic heterocycles. The maximum Gasteiger partial charge on any atom is 0.317 e. The molecule has 1 rings (SSSR count). The quantitative estimate of drug-likeness (QED) is 0.507. The van der Waals surface area contributed by atoms with Gasteiger partial charge in [-0.2, -0.15) is 0 Å². The highest BCUT2D eigenvalue weighted by molar-refractivity contribution is 7.45. The number of anilines is 1. The molecule has 1 unspecified atom stereocenters. The molecule has 6 heteroatoms. The minimum atomic E-state index is -4.69. The van der Waals surface area contributed by atoms with Crippen LogP contribution in [0.25, 0.3) is 0 Å². The standard InChI is InChI=1S/C6H8NO4P/c7-5-1-3-6(4-2-5)11-12(8,9)10/h1-4H,7H2,(H2,8,9,10)/p-1. The maximum absolute atomic E-state index is 10.2. The van der Waals surface area contributed by atoms with E-state index in [1.165, 1.54) is 24.3 Å². The van der Waals surface area contributed by atoms with Crippen LogP contribution in [-0.4, -0.2) is 4.89 Å². The maximum atomic E-state index is 10.2. The van der Waals surface area contributed by atoms with E-state index >= 15 is 0 Å². The predicted octanol–water partition coefficient (Wildman–Crippen LogP) is 0.108. The summed E-state index contributed by atoms with van der Waals surface area (Å²) in [7, 11) is -4.69. The van der Waals surface area contributed by atoms with Crippen LogP contribution >= 0.6 is 7.82 Å². The van der Waals surface area contributed by atoms with E-state index < -0.39 is 7.82 Å². The summed E-state index contributed by atoms with van der Waals surface area (Å²) in [4.78, 5) is 18.5. The first-order valence-electron chi connectivity index (χ1n) is 3.06. The minimum absolute atomic E-state index is 0.0324. The van der Waals surface area contributed by atoms with Gasteiger partial charge in [-0.1, -0.05) is 0 Å². The van der Waals surface area contributed by atoms with Crippen LogP contribution in [0.5, 0.6) is 5.75 Å². The Morgan fingerprint density at radius 3 is 2.33 bits per heavy atom. The second kappa shape index (κ2) is 3.15. The fourth-order valence-corrected chi connectivity index (χ4v) is 1.05. The highest BCUT2D eigenvalue weighted by Gasteiger charge is 2.02. The fraction of sp³-hybridized carbons (Fsp3) is 0. The molecule has 0 aliphatic rings. The Balaban J connectivity index is 2.78. The second-order valence-corrected chi connectivity index (χ2v) is 3.25. The van der Waals surface area contributed by atoms with Gasteiger partial charge in [0.05, 0.1) is 0 Å². The molecular formula is C6H7NO4P-. The van der Waals surface area contributed by atoms with E-state index in [1.807, 2.05) is 0 Å². The third kappa shape index (κ3) is 2.92. The Kier molecular flexibility index (Phi) is 2.38. The van der Waals surface area contributed by atoms with Gasteiger partial charge in [-0.25, -0.2) is 0 Å². The smallest absolute Gasteiger partial charge is 0.317 e. The molecule has 5 nitrogen and oxygen atoms in total. The third-order valence-electron chi connectivity index (χ3n) is 1.10. The first-order chi connectivity index (χ1) is 5.47. The molecule has 0 aliphatic carbocycles. The highest BCUT2D eigenvalue weighted by atomic mass is 31.2. The number of hydrogen-bond donors (Lipinski definition) is 2. The van der Waals surface area contributed by atoms with E-state index in [-0.39, 0.29) is 5.75 Å². The lowest BCUT2D eigenvalue weighted by molar-refractivity contribution is -0.211. The molecule has 0 spiro atoms. The van der Waals surface area contributed by atoms with Crippen molar-refractivity contribution in [1.29, 1.82) is 0 Å². The van der Waals surface area contributed by atoms with Crippen LogP contribution in [0.4, 0.5) is 5.69 Å². The Bertz CT molecular complexity index is 304. The lowest BCUT2D eigenvalue weighted by atomic mass is 10.3. The highest BCUT2D eigenvalue weighted by Crippen LogP contribution is 2.33. The van der Waals surface area contributed by atoms with Gasteiger partial charge >= 0.3 is 7.82 Å². The molecule has 0 fully saturated rings. The van der Waals surface area contributed by atoms with Crippen molar-refractivity contribution in [2.24, 2.45) is 0 Å². The zero-order valence-corrected chi connectivity index (χ0v) is 6.90. The summed E-state index contributed by atoms with van der Waals surface area (Å²) in [5.41, 5.74) is 5.81. The number of rotatable bonds is 2. The van der Waals surface area contributed by atoms with Crippen LogP contribution in [-0.2, 0) is 4.57 Å². The van der Waals surface area contributed by atoms with Gasteiger partial charge in [0.25, 0.3) is 0 Å². The molecule has 1 aromatic rings. The summed E-state index contributed by atoms with van der Waals surface area (Å²) in [5.74, 6) is 0.0324. The summed E-state index contributed by atoms with van der Waals surface area (Å²) < 4.78 is 14.4. The summed E-state index contributed by atoms with van der Waals surface area (Å²) in [6.07, 6.45) is 0. The Hall–Kier alpha value is -1.03. The molecule has 0 heterocycles. The van der Waals surface area contributed by atoms with Crippen LogP contribution in [0.3, 0.4) is 0 Å². The molecule has 1 atom stereocenters. The van der Waals surface area contributed by atoms with Crippen molar-refractivity contribution in [2.75, 3.05) is 5.73 Å². The van der Waals surface area contributed by atoms with Gasteiger partial charge in [0.15, 0.2) is 0 Å². The molecule has 12 heavy (non-hydrogen) atoms. The molecule has 0 aliphatic heterocycles. The number of phosphoric acid groups is 1. The first kappa shape index (κ1) is 9.06. The topological polar surface area (TPSA) is 95.6 Å². The van der Waals surface area contributed by atoms with Gasteiger partial charge in [-0.3, -0.25) is 4.57 Å². The van der Waals surface area contributed by atoms with E-state index in [0.717, 1.165) is 0 Å².